The smallest absolute Gasteiger partial charge is 0.162 e. The van der Waals surface area contributed by atoms with Crippen molar-refractivity contribution in [3.63, 3.8) is 0 Å². The molecule has 2 aromatic rings. The van der Waals surface area contributed by atoms with Gasteiger partial charge in [0.1, 0.15) is 5.82 Å². The van der Waals surface area contributed by atoms with Crippen LogP contribution in [0.15, 0.2) is 41.0 Å². The number of hydrogen-bond acceptors (Lipinski definition) is 3. The lowest BCUT2D eigenvalue weighted by atomic mass is 10.2. The van der Waals surface area contributed by atoms with E-state index in [1.165, 1.54) is 0 Å². The fourth-order valence-electron chi connectivity index (χ4n) is 1.41. The van der Waals surface area contributed by atoms with Crippen molar-refractivity contribution in [3.8, 4) is 11.4 Å². The average Bonchev–Trinajstić information content (AvgIpc) is 2.30. The molecule has 0 saturated carbocycles. The molecule has 0 atom stereocenters. The van der Waals surface area contributed by atoms with E-state index < -0.39 is 0 Å². The Balaban J connectivity index is 2.40. The minimum Gasteiger partial charge on any atom is -0.370 e. The number of nitrogens with zero attached hydrogens (tertiary/aromatic N) is 2. The van der Waals surface area contributed by atoms with Gasteiger partial charge in [-0.15, -0.1) is 0 Å². The summed E-state index contributed by atoms with van der Waals surface area (Å²) < 4.78 is 1.00. The third-order valence-electron chi connectivity index (χ3n) is 2.13. The van der Waals surface area contributed by atoms with E-state index in [1.54, 1.807) is 6.20 Å². The fourth-order valence-corrected chi connectivity index (χ4v) is 1.87. The monoisotopic (exact) mass is 277 g/mol. The first-order valence-electron chi connectivity index (χ1n) is 5.13. The molecule has 1 aromatic carbocycles. The molecular formula is C12H12BrN3. The van der Waals surface area contributed by atoms with Crippen molar-refractivity contribution >= 4 is 21.7 Å². The summed E-state index contributed by atoms with van der Waals surface area (Å²) >= 11 is 3.50. The van der Waals surface area contributed by atoms with Gasteiger partial charge in [-0.1, -0.05) is 34.1 Å². The Labute approximate surface area is 103 Å². The van der Waals surface area contributed by atoms with Crippen LogP contribution in [0.5, 0.6) is 0 Å². The highest BCUT2D eigenvalue weighted by Gasteiger charge is 2.05. The van der Waals surface area contributed by atoms with E-state index in [0.717, 1.165) is 28.2 Å². The van der Waals surface area contributed by atoms with Crippen molar-refractivity contribution in [2.24, 2.45) is 0 Å². The quantitative estimate of drug-likeness (QED) is 0.935. The van der Waals surface area contributed by atoms with Gasteiger partial charge in [-0.3, -0.25) is 0 Å². The van der Waals surface area contributed by atoms with Crippen LogP contribution in [0.25, 0.3) is 11.4 Å². The Morgan fingerprint density at radius 1 is 1.25 bits per heavy atom. The Morgan fingerprint density at radius 2 is 2.06 bits per heavy atom. The third-order valence-corrected chi connectivity index (χ3v) is 2.82. The van der Waals surface area contributed by atoms with Crippen LogP contribution in [0.3, 0.4) is 0 Å². The van der Waals surface area contributed by atoms with Crippen LogP contribution >= 0.6 is 15.9 Å². The predicted octanol–water partition coefficient (Wildman–Crippen LogP) is 3.34. The molecule has 16 heavy (non-hydrogen) atoms. The second-order valence-electron chi connectivity index (χ2n) is 3.28. The van der Waals surface area contributed by atoms with Gasteiger partial charge in [0.2, 0.25) is 0 Å². The van der Waals surface area contributed by atoms with Crippen LogP contribution < -0.4 is 5.32 Å². The number of nitrogens with one attached hydrogen (secondary N) is 1. The molecular weight excluding hydrogens is 266 g/mol. The standard InChI is InChI=1S/C12H12BrN3/c1-2-14-11-7-8-15-12(16-11)9-5-3-4-6-10(9)13/h3-8H,2H2,1H3,(H,14,15,16). The van der Waals surface area contributed by atoms with Crippen LogP contribution in [-0.4, -0.2) is 16.5 Å². The van der Waals surface area contributed by atoms with Crippen molar-refractivity contribution in [1.29, 1.82) is 0 Å². The Bertz CT molecular complexity index is 485. The molecule has 0 spiro atoms. The molecule has 0 bridgehead atoms. The largest absolute Gasteiger partial charge is 0.370 e. The van der Waals surface area contributed by atoms with E-state index in [2.05, 4.69) is 31.2 Å². The van der Waals surface area contributed by atoms with Gasteiger partial charge in [0.15, 0.2) is 5.82 Å². The Kier molecular flexibility index (Phi) is 3.51. The van der Waals surface area contributed by atoms with Gasteiger partial charge in [0, 0.05) is 22.8 Å². The molecule has 3 nitrogen and oxygen atoms in total. The fraction of sp³-hybridized carbons (Fsp3) is 0.167. The number of halogens is 1. The third kappa shape index (κ3) is 2.39. The summed E-state index contributed by atoms with van der Waals surface area (Å²) in [6, 6.07) is 9.79. The predicted molar refractivity (Wildman–Crippen MR) is 69.3 cm³/mol. The SMILES string of the molecule is CCNc1ccnc(-c2ccccc2Br)n1. The minimum atomic E-state index is 0.728. The maximum atomic E-state index is 4.44. The van der Waals surface area contributed by atoms with Gasteiger partial charge in [-0.25, -0.2) is 9.97 Å². The van der Waals surface area contributed by atoms with Gasteiger partial charge < -0.3 is 5.32 Å². The first kappa shape index (κ1) is 11.1. The molecule has 0 amide bonds. The summed E-state index contributed by atoms with van der Waals surface area (Å²) in [5.74, 6) is 1.58. The molecule has 82 valence electrons. The van der Waals surface area contributed by atoms with Crippen LogP contribution in [0.2, 0.25) is 0 Å². The maximum Gasteiger partial charge on any atom is 0.162 e. The lowest BCUT2D eigenvalue weighted by Crippen LogP contribution is -2.00. The van der Waals surface area contributed by atoms with Crippen LogP contribution in [0, 0.1) is 0 Å². The molecule has 1 N–H and O–H groups in total. The Morgan fingerprint density at radius 3 is 2.81 bits per heavy atom. The highest BCUT2D eigenvalue weighted by atomic mass is 79.9. The van der Waals surface area contributed by atoms with E-state index in [0.29, 0.717) is 0 Å². The second-order valence-corrected chi connectivity index (χ2v) is 4.13. The maximum absolute atomic E-state index is 4.44. The average molecular weight is 278 g/mol. The van der Waals surface area contributed by atoms with Gasteiger partial charge in [0.25, 0.3) is 0 Å². The normalized spacial score (nSPS) is 10.1. The zero-order valence-corrected chi connectivity index (χ0v) is 10.5. The first-order valence-corrected chi connectivity index (χ1v) is 5.92. The topological polar surface area (TPSA) is 37.8 Å². The number of benzene rings is 1. The Hall–Kier alpha value is -1.42. The molecule has 1 aromatic heterocycles. The molecule has 0 fully saturated rings. The highest BCUT2D eigenvalue weighted by Crippen LogP contribution is 2.25. The van der Waals surface area contributed by atoms with Crippen molar-refractivity contribution in [2.75, 3.05) is 11.9 Å². The summed E-state index contributed by atoms with van der Waals surface area (Å²) in [5.41, 5.74) is 1.00. The van der Waals surface area contributed by atoms with E-state index in [4.69, 9.17) is 0 Å². The molecule has 4 heteroatoms. The summed E-state index contributed by atoms with van der Waals surface area (Å²) in [6.07, 6.45) is 1.76. The first-order chi connectivity index (χ1) is 7.81. The molecule has 0 aliphatic carbocycles. The van der Waals surface area contributed by atoms with Gasteiger partial charge in [-0.2, -0.15) is 0 Å². The molecule has 1 heterocycles. The van der Waals surface area contributed by atoms with Crippen LogP contribution in [0.4, 0.5) is 5.82 Å². The van der Waals surface area contributed by atoms with Crippen molar-refractivity contribution in [3.05, 3.63) is 41.0 Å². The number of hydrogen-bond donors (Lipinski definition) is 1. The van der Waals surface area contributed by atoms with Crippen LogP contribution in [0.1, 0.15) is 6.92 Å². The van der Waals surface area contributed by atoms with Gasteiger partial charge in [-0.05, 0) is 19.1 Å². The molecule has 0 aliphatic heterocycles. The zero-order valence-electron chi connectivity index (χ0n) is 8.94. The van der Waals surface area contributed by atoms with E-state index in [9.17, 15) is 0 Å². The molecule has 2 rings (SSSR count). The summed E-state index contributed by atoms with van der Waals surface area (Å²) in [6.45, 7) is 2.90. The van der Waals surface area contributed by atoms with E-state index in [1.807, 2.05) is 37.3 Å². The van der Waals surface area contributed by atoms with Crippen molar-refractivity contribution < 1.29 is 0 Å². The van der Waals surface area contributed by atoms with Crippen LogP contribution in [-0.2, 0) is 0 Å². The van der Waals surface area contributed by atoms with Gasteiger partial charge >= 0.3 is 0 Å². The molecule has 0 saturated heterocycles. The number of aromatic nitrogens is 2. The lowest BCUT2D eigenvalue weighted by Gasteiger charge is -2.05. The van der Waals surface area contributed by atoms with Gasteiger partial charge in [0.05, 0.1) is 0 Å². The van der Waals surface area contributed by atoms with Crippen molar-refractivity contribution in [1.82, 2.24) is 9.97 Å². The molecule has 0 radical (unpaired) electrons. The number of anilines is 1. The lowest BCUT2D eigenvalue weighted by molar-refractivity contribution is 1.12. The van der Waals surface area contributed by atoms with Crippen molar-refractivity contribution in [2.45, 2.75) is 6.92 Å². The van der Waals surface area contributed by atoms with E-state index >= 15 is 0 Å². The summed E-state index contributed by atoms with van der Waals surface area (Å²) in [4.78, 5) is 8.71. The minimum absolute atomic E-state index is 0.728. The molecule has 0 unspecified atom stereocenters. The summed E-state index contributed by atoms with van der Waals surface area (Å²) in [7, 11) is 0. The second kappa shape index (κ2) is 5.07. The summed E-state index contributed by atoms with van der Waals surface area (Å²) in [5, 5.41) is 3.17. The number of rotatable bonds is 3. The highest BCUT2D eigenvalue weighted by molar-refractivity contribution is 9.10. The van der Waals surface area contributed by atoms with E-state index in [-0.39, 0.29) is 0 Å². The molecule has 0 aliphatic rings. The zero-order chi connectivity index (χ0) is 11.4.